The van der Waals surface area contributed by atoms with Crippen molar-refractivity contribution in [3.8, 4) is 5.82 Å². The molecule has 0 aliphatic carbocycles. The Kier molecular flexibility index (Phi) is 5.07. The zero-order valence-corrected chi connectivity index (χ0v) is 13.6. The molecule has 0 saturated heterocycles. The monoisotopic (exact) mass is 287 g/mol. The first kappa shape index (κ1) is 15.6. The predicted octanol–water partition coefficient (Wildman–Crippen LogP) is 2.73. The minimum atomic E-state index is 0.464. The molecular weight excluding hydrogens is 262 g/mol. The van der Waals surface area contributed by atoms with E-state index in [0.29, 0.717) is 6.04 Å². The van der Waals surface area contributed by atoms with Gasteiger partial charge in [0.15, 0.2) is 5.82 Å². The van der Waals surface area contributed by atoms with Crippen LogP contribution in [0.2, 0.25) is 0 Å². The van der Waals surface area contributed by atoms with E-state index >= 15 is 0 Å². The molecule has 21 heavy (non-hydrogen) atoms. The van der Waals surface area contributed by atoms with Crippen LogP contribution in [0.1, 0.15) is 50.1 Å². The second-order valence-electron chi connectivity index (χ2n) is 5.73. The van der Waals surface area contributed by atoms with Gasteiger partial charge in [0, 0.05) is 18.3 Å². The Morgan fingerprint density at radius 2 is 1.95 bits per heavy atom. The lowest BCUT2D eigenvalue weighted by Crippen LogP contribution is -2.22. The highest BCUT2D eigenvalue weighted by Gasteiger charge is 2.09. The van der Waals surface area contributed by atoms with E-state index in [1.54, 1.807) is 0 Å². The van der Waals surface area contributed by atoms with Crippen LogP contribution in [0, 0.1) is 13.8 Å². The summed E-state index contributed by atoms with van der Waals surface area (Å²) >= 11 is 0. The normalized spacial score (nSPS) is 11.3. The first-order valence-corrected chi connectivity index (χ1v) is 7.63. The molecule has 0 radical (unpaired) electrons. The van der Waals surface area contributed by atoms with E-state index in [1.165, 1.54) is 5.56 Å². The summed E-state index contributed by atoms with van der Waals surface area (Å²) in [7, 11) is 0. The van der Waals surface area contributed by atoms with Crippen molar-refractivity contribution in [1.82, 2.24) is 25.1 Å². The lowest BCUT2D eigenvalue weighted by molar-refractivity contribution is 0.587. The topological polar surface area (TPSA) is 55.6 Å². The van der Waals surface area contributed by atoms with Crippen molar-refractivity contribution < 1.29 is 0 Å². The molecule has 0 aromatic carbocycles. The Balaban J connectivity index is 2.37. The van der Waals surface area contributed by atoms with E-state index in [2.05, 4.69) is 48.3 Å². The Morgan fingerprint density at radius 1 is 1.19 bits per heavy atom. The van der Waals surface area contributed by atoms with Crippen molar-refractivity contribution in [2.75, 3.05) is 0 Å². The third-order valence-corrected chi connectivity index (χ3v) is 3.24. The fourth-order valence-electron chi connectivity index (χ4n) is 2.29. The van der Waals surface area contributed by atoms with E-state index in [0.717, 1.165) is 42.5 Å². The fraction of sp³-hybridized carbons (Fsp3) is 0.562. The average molecular weight is 287 g/mol. The highest BCUT2D eigenvalue weighted by Crippen LogP contribution is 2.13. The van der Waals surface area contributed by atoms with Crippen LogP contribution in [0.3, 0.4) is 0 Å². The zero-order chi connectivity index (χ0) is 15.4. The van der Waals surface area contributed by atoms with Crippen LogP contribution >= 0.6 is 0 Å². The molecule has 0 bridgehead atoms. The number of aryl methyl sites for hydroxylation is 3. The molecule has 0 atom stereocenters. The molecule has 0 aliphatic heterocycles. The Bertz CT molecular complexity index is 601. The van der Waals surface area contributed by atoms with Gasteiger partial charge in [-0.05, 0) is 38.0 Å². The van der Waals surface area contributed by atoms with Crippen LogP contribution in [0.5, 0.6) is 0 Å². The van der Waals surface area contributed by atoms with Crippen molar-refractivity contribution in [2.45, 2.75) is 60.0 Å². The van der Waals surface area contributed by atoms with Crippen molar-refractivity contribution in [1.29, 1.82) is 0 Å². The standard InChI is InChI=1S/C16H25N5/c1-6-7-15-8-14(10-17-11(2)3)9-16(19-15)21-13(5)18-12(4)20-21/h8-9,11,17H,6-7,10H2,1-5H3. The van der Waals surface area contributed by atoms with Gasteiger partial charge in [-0.1, -0.05) is 27.2 Å². The first-order valence-electron chi connectivity index (χ1n) is 7.63. The third-order valence-electron chi connectivity index (χ3n) is 3.24. The number of aromatic nitrogens is 4. The fourth-order valence-corrected chi connectivity index (χ4v) is 2.29. The summed E-state index contributed by atoms with van der Waals surface area (Å²) < 4.78 is 1.83. The van der Waals surface area contributed by atoms with Crippen LogP contribution in [0.25, 0.3) is 5.82 Å². The molecule has 0 fully saturated rings. The summed E-state index contributed by atoms with van der Waals surface area (Å²) in [6.07, 6.45) is 2.07. The summed E-state index contributed by atoms with van der Waals surface area (Å²) in [5, 5.41) is 7.90. The molecule has 5 nitrogen and oxygen atoms in total. The quantitative estimate of drug-likeness (QED) is 0.887. The van der Waals surface area contributed by atoms with Crippen molar-refractivity contribution >= 4 is 0 Å². The summed E-state index contributed by atoms with van der Waals surface area (Å²) in [6.45, 7) is 11.2. The van der Waals surface area contributed by atoms with E-state index in [1.807, 2.05) is 18.5 Å². The second kappa shape index (κ2) is 6.80. The minimum absolute atomic E-state index is 0.464. The maximum absolute atomic E-state index is 4.73. The number of pyridine rings is 1. The zero-order valence-electron chi connectivity index (χ0n) is 13.6. The van der Waals surface area contributed by atoms with E-state index in [4.69, 9.17) is 4.98 Å². The van der Waals surface area contributed by atoms with Crippen LogP contribution < -0.4 is 5.32 Å². The van der Waals surface area contributed by atoms with Gasteiger partial charge >= 0.3 is 0 Å². The summed E-state index contributed by atoms with van der Waals surface area (Å²) in [5.74, 6) is 2.51. The lowest BCUT2D eigenvalue weighted by atomic mass is 10.1. The molecule has 0 aliphatic rings. The van der Waals surface area contributed by atoms with Gasteiger partial charge in [-0.25, -0.2) is 9.97 Å². The second-order valence-corrected chi connectivity index (χ2v) is 5.73. The number of rotatable bonds is 6. The number of hydrogen-bond acceptors (Lipinski definition) is 4. The highest BCUT2D eigenvalue weighted by atomic mass is 15.4. The van der Waals surface area contributed by atoms with Crippen molar-refractivity contribution in [3.05, 3.63) is 35.0 Å². The average Bonchev–Trinajstić information content (AvgIpc) is 2.75. The van der Waals surface area contributed by atoms with Gasteiger partial charge in [-0.15, -0.1) is 5.10 Å². The maximum Gasteiger partial charge on any atom is 0.156 e. The van der Waals surface area contributed by atoms with E-state index in [9.17, 15) is 0 Å². The van der Waals surface area contributed by atoms with E-state index < -0.39 is 0 Å². The van der Waals surface area contributed by atoms with Crippen LogP contribution in [0.4, 0.5) is 0 Å². The summed E-state index contributed by atoms with van der Waals surface area (Å²) in [5.41, 5.74) is 2.35. The van der Waals surface area contributed by atoms with E-state index in [-0.39, 0.29) is 0 Å². The van der Waals surface area contributed by atoms with Gasteiger partial charge in [0.05, 0.1) is 0 Å². The van der Waals surface area contributed by atoms with Crippen molar-refractivity contribution in [3.63, 3.8) is 0 Å². The van der Waals surface area contributed by atoms with Gasteiger partial charge in [0.2, 0.25) is 0 Å². The Morgan fingerprint density at radius 3 is 2.52 bits per heavy atom. The van der Waals surface area contributed by atoms with Gasteiger partial charge in [0.1, 0.15) is 11.6 Å². The Labute approximate surface area is 126 Å². The SMILES string of the molecule is CCCc1cc(CNC(C)C)cc(-n2nc(C)nc2C)n1. The molecule has 2 aromatic heterocycles. The van der Waals surface area contributed by atoms with Gasteiger partial charge in [-0.2, -0.15) is 4.68 Å². The first-order chi connectivity index (χ1) is 9.99. The molecule has 5 heteroatoms. The predicted molar refractivity (Wildman–Crippen MR) is 84.6 cm³/mol. The minimum Gasteiger partial charge on any atom is -0.310 e. The van der Waals surface area contributed by atoms with Gasteiger partial charge < -0.3 is 5.32 Å². The summed E-state index contributed by atoms with van der Waals surface area (Å²) in [4.78, 5) is 9.09. The molecule has 0 saturated carbocycles. The van der Waals surface area contributed by atoms with Crippen molar-refractivity contribution in [2.24, 2.45) is 0 Å². The van der Waals surface area contributed by atoms with Crippen LogP contribution in [-0.4, -0.2) is 25.8 Å². The number of nitrogens with one attached hydrogen (secondary N) is 1. The van der Waals surface area contributed by atoms with Crippen LogP contribution in [-0.2, 0) is 13.0 Å². The molecule has 1 N–H and O–H groups in total. The van der Waals surface area contributed by atoms with Gasteiger partial charge in [0.25, 0.3) is 0 Å². The molecule has 0 spiro atoms. The summed E-state index contributed by atoms with van der Waals surface area (Å²) in [6, 6.07) is 4.74. The number of nitrogens with zero attached hydrogens (tertiary/aromatic N) is 4. The molecule has 114 valence electrons. The molecule has 2 rings (SSSR count). The van der Waals surface area contributed by atoms with Crippen LogP contribution in [0.15, 0.2) is 12.1 Å². The smallest absolute Gasteiger partial charge is 0.156 e. The third kappa shape index (κ3) is 4.11. The van der Waals surface area contributed by atoms with Gasteiger partial charge in [-0.3, -0.25) is 0 Å². The molecule has 0 unspecified atom stereocenters. The number of hydrogen-bond donors (Lipinski definition) is 1. The molecule has 2 aromatic rings. The molecular formula is C16H25N5. The molecule has 0 amide bonds. The Hall–Kier alpha value is -1.75. The highest BCUT2D eigenvalue weighted by molar-refractivity contribution is 5.31. The lowest BCUT2D eigenvalue weighted by Gasteiger charge is -2.12. The molecule has 2 heterocycles. The largest absolute Gasteiger partial charge is 0.310 e. The maximum atomic E-state index is 4.73.